The maximum atomic E-state index is 11.6. The summed E-state index contributed by atoms with van der Waals surface area (Å²) in [6, 6.07) is 4.19. The molecule has 0 aliphatic heterocycles. The van der Waals surface area contributed by atoms with Crippen LogP contribution in [0, 0.1) is 10.1 Å². The van der Waals surface area contributed by atoms with Crippen LogP contribution in [0.1, 0.15) is 5.56 Å². The molecule has 0 radical (unpaired) electrons. The molecule has 0 unspecified atom stereocenters. The summed E-state index contributed by atoms with van der Waals surface area (Å²) in [5, 5.41) is 10.5. The van der Waals surface area contributed by atoms with E-state index in [1.807, 2.05) is 0 Å². The zero-order valence-corrected chi connectivity index (χ0v) is 12.1. The number of H-pyrrole nitrogens is 1. The number of nitro groups is 1. The first-order chi connectivity index (χ1) is 9.38. The van der Waals surface area contributed by atoms with Crippen molar-refractivity contribution in [2.75, 3.05) is 0 Å². The average Bonchev–Trinajstić information content (AvgIpc) is 2.37. The first-order valence-electron chi connectivity index (χ1n) is 5.30. The van der Waals surface area contributed by atoms with Crippen molar-refractivity contribution in [3.63, 3.8) is 0 Å². The lowest BCUT2D eigenvalue weighted by Crippen LogP contribution is -2.30. The molecule has 0 aliphatic carbocycles. The second-order valence-electron chi connectivity index (χ2n) is 3.90. The number of hydrogen-bond donors (Lipinski definition) is 1. The lowest BCUT2D eigenvalue weighted by Gasteiger charge is -2.07. The van der Waals surface area contributed by atoms with Crippen LogP contribution in [0.2, 0.25) is 5.02 Å². The van der Waals surface area contributed by atoms with E-state index in [9.17, 15) is 19.7 Å². The molecule has 9 heteroatoms. The van der Waals surface area contributed by atoms with E-state index >= 15 is 0 Å². The molecule has 0 amide bonds. The molecule has 0 spiro atoms. The lowest BCUT2D eigenvalue weighted by atomic mass is 10.2. The van der Waals surface area contributed by atoms with E-state index in [2.05, 4.69) is 20.9 Å². The number of rotatable bonds is 3. The van der Waals surface area contributed by atoms with E-state index in [1.54, 1.807) is 0 Å². The van der Waals surface area contributed by atoms with E-state index in [4.69, 9.17) is 11.6 Å². The minimum absolute atomic E-state index is 0.0625. The van der Waals surface area contributed by atoms with Crippen molar-refractivity contribution < 1.29 is 4.92 Å². The van der Waals surface area contributed by atoms with Crippen molar-refractivity contribution in [2.24, 2.45) is 0 Å². The summed E-state index contributed by atoms with van der Waals surface area (Å²) in [5.74, 6) is 0. The highest BCUT2D eigenvalue weighted by molar-refractivity contribution is 9.10. The van der Waals surface area contributed by atoms with Gasteiger partial charge in [-0.1, -0.05) is 27.5 Å². The largest absolute Gasteiger partial charge is 0.328 e. The molecule has 7 nitrogen and oxygen atoms in total. The van der Waals surface area contributed by atoms with Crippen molar-refractivity contribution in [3.05, 3.63) is 70.4 Å². The molecular weight excluding hydrogens is 353 g/mol. The fourth-order valence-corrected chi connectivity index (χ4v) is 2.22. The van der Waals surface area contributed by atoms with Gasteiger partial charge in [0.05, 0.1) is 11.5 Å². The number of benzene rings is 1. The number of nitro benzene ring substituents is 1. The molecule has 0 saturated carbocycles. The highest BCUT2D eigenvalue weighted by atomic mass is 79.9. The normalized spacial score (nSPS) is 10.5. The van der Waals surface area contributed by atoms with Gasteiger partial charge in [-0.05, 0) is 11.6 Å². The van der Waals surface area contributed by atoms with Gasteiger partial charge in [-0.3, -0.25) is 24.5 Å². The monoisotopic (exact) mass is 359 g/mol. The second kappa shape index (κ2) is 5.59. The Morgan fingerprint density at radius 3 is 2.70 bits per heavy atom. The Labute approximate surface area is 125 Å². The summed E-state index contributed by atoms with van der Waals surface area (Å²) < 4.78 is 1.69. The lowest BCUT2D eigenvalue weighted by molar-refractivity contribution is -0.384. The van der Waals surface area contributed by atoms with Crippen molar-refractivity contribution in [1.29, 1.82) is 0 Å². The molecule has 0 bridgehead atoms. The van der Waals surface area contributed by atoms with Gasteiger partial charge in [0.25, 0.3) is 11.2 Å². The van der Waals surface area contributed by atoms with Gasteiger partial charge in [-0.15, -0.1) is 0 Å². The van der Waals surface area contributed by atoms with Gasteiger partial charge in [0.15, 0.2) is 0 Å². The van der Waals surface area contributed by atoms with Crippen LogP contribution in [-0.4, -0.2) is 14.5 Å². The Balaban J connectivity index is 2.40. The van der Waals surface area contributed by atoms with Gasteiger partial charge < -0.3 is 0 Å². The zero-order valence-electron chi connectivity index (χ0n) is 9.80. The van der Waals surface area contributed by atoms with Gasteiger partial charge in [-0.2, -0.15) is 0 Å². The molecule has 0 saturated heterocycles. The van der Waals surface area contributed by atoms with Gasteiger partial charge >= 0.3 is 5.69 Å². The first kappa shape index (κ1) is 14.5. The van der Waals surface area contributed by atoms with Gasteiger partial charge in [0, 0.05) is 22.8 Å². The Morgan fingerprint density at radius 2 is 2.10 bits per heavy atom. The van der Waals surface area contributed by atoms with Crippen LogP contribution in [0.15, 0.2) is 38.5 Å². The number of aromatic amines is 1. The fourth-order valence-electron chi connectivity index (χ4n) is 1.56. The van der Waals surface area contributed by atoms with Crippen LogP contribution < -0.4 is 11.2 Å². The molecule has 20 heavy (non-hydrogen) atoms. The second-order valence-corrected chi connectivity index (χ2v) is 5.16. The van der Waals surface area contributed by atoms with Gasteiger partial charge in [0.1, 0.15) is 5.02 Å². The van der Waals surface area contributed by atoms with E-state index in [1.165, 1.54) is 29.0 Å². The summed E-state index contributed by atoms with van der Waals surface area (Å²) in [6.07, 6.45) is 1.22. The maximum absolute atomic E-state index is 11.6. The maximum Gasteiger partial charge on any atom is 0.328 e. The van der Waals surface area contributed by atoms with Crippen LogP contribution in [0.5, 0.6) is 0 Å². The zero-order chi connectivity index (χ0) is 14.9. The Bertz CT molecular complexity index is 799. The molecule has 104 valence electrons. The summed E-state index contributed by atoms with van der Waals surface area (Å²) in [6.45, 7) is 0.119. The number of nitrogens with zero attached hydrogens (tertiary/aromatic N) is 2. The number of non-ortho nitro benzene ring substituents is 1. The van der Waals surface area contributed by atoms with Crippen LogP contribution in [0.3, 0.4) is 0 Å². The molecule has 2 aromatic rings. The third kappa shape index (κ3) is 2.97. The Kier molecular flexibility index (Phi) is 4.05. The quantitative estimate of drug-likeness (QED) is 0.667. The Morgan fingerprint density at radius 1 is 1.40 bits per heavy atom. The molecule has 2 rings (SSSR count). The highest BCUT2D eigenvalue weighted by Crippen LogP contribution is 2.23. The summed E-state index contributed by atoms with van der Waals surface area (Å²) >= 11 is 8.86. The van der Waals surface area contributed by atoms with Crippen LogP contribution in [0.25, 0.3) is 0 Å². The third-order valence-electron chi connectivity index (χ3n) is 2.56. The Hall–Kier alpha value is -1.93. The molecule has 1 aromatic carbocycles. The van der Waals surface area contributed by atoms with E-state index in [-0.39, 0.29) is 17.3 Å². The van der Waals surface area contributed by atoms with E-state index in [0.717, 1.165) is 0 Å². The summed E-state index contributed by atoms with van der Waals surface area (Å²) in [4.78, 5) is 34.9. The molecule has 0 fully saturated rings. The SMILES string of the molecule is O=c1[nH]c(=O)n(Cc2ccc([N+](=O)[O-])cc2Br)cc1Cl. The predicted octanol–water partition coefficient (Wildman–Crippen LogP) is 1.91. The van der Waals surface area contributed by atoms with E-state index in [0.29, 0.717) is 10.0 Å². The minimum Gasteiger partial charge on any atom is -0.295 e. The smallest absolute Gasteiger partial charge is 0.295 e. The van der Waals surface area contributed by atoms with Crippen LogP contribution in [0.4, 0.5) is 5.69 Å². The fraction of sp³-hybridized carbons (Fsp3) is 0.0909. The number of hydrogen-bond acceptors (Lipinski definition) is 4. The van der Waals surface area contributed by atoms with Crippen molar-refractivity contribution in [1.82, 2.24) is 9.55 Å². The van der Waals surface area contributed by atoms with Crippen LogP contribution in [-0.2, 0) is 6.54 Å². The summed E-state index contributed by atoms with van der Waals surface area (Å²) in [5.41, 5.74) is -0.686. The number of nitrogens with one attached hydrogen (secondary N) is 1. The molecule has 0 atom stereocenters. The molecule has 1 aromatic heterocycles. The van der Waals surface area contributed by atoms with Crippen molar-refractivity contribution >= 4 is 33.2 Å². The molecule has 1 N–H and O–H groups in total. The van der Waals surface area contributed by atoms with Crippen molar-refractivity contribution in [2.45, 2.75) is 6.54 Å². The average molecular weight is 361 g/mol. The minimum atomic E-state index is -0.657. The van der Waals surface area contributed by atoms with Crippen LogP contribution >= 0.6 is 27.5 Å². The molecular formula is C11H7BrClN3O4. The third-order valence-corrected chi connectivity index (χ3v) is 3.56. The number of aromatic nitrogens is 2. The first-order valence-corrected chi connectivity index (χ1v) is 6.47. The standard InChI is InChI=1S/C11H7BrClN3O4/c12-8-3-7(16(19)20)2-1-6(8)4-15-5-9(13)10(17)14-11(15)18/h1-3,5H,4H2,(H,14,17,18). The highest BCUT2D eigenvalue weighted by Gasteiger charge is 2.10. The van der Waals surface area contributed by atoms with E-state index < -0.39 is 16.2 Å². The summed E-state index contributed by atoms with van der Waals surface area (Å²) in [7, 11) is 0. The molecule has 1 heterocycles. The van der Waals surface area contributed by atoms with Gasteiger partial charge in [-0.25, -0.2) is 4.79 Å². The van der Waals surface area contributed by atoms with Gasteiger partial charge in [0.2, 0.25) is 0 Å². The number of halogens is 2. The molecule has 0 aliphatic rings. The topological polar surface area (TPSA) is 98.0 Å². The predicted molar refractivity (Wildman–Crippen MR) is 76.2 cm³/mol. The van der Waals surface area contributed by atoms with Crippen molar-refractivity contribution in [3.8, 4) is 0 Å².